The van der Waals surface area contributed by atoms with Crippen molar-refractivity contribution < 1.29 is 18.4 Å². The average molecular weight is 550 g/mol. The van der Waals surface area contributed by atoms with Gasteiger partial charge in [-0.25, -0.2) is 8.78 Å². The van der Waals surface area contributed by atoms with Crippen molar-refractivity contribution in [3.05, 3.63) is 87.7 Å². The number of rotatable bonds is 2. The molecule has 3 heterocycles. The normalized spacial score (nSPS) is 19.9. The summed E-state index contributed by atoms with van der Waals surface area (Å²) >= 11 is 5.89. The third-order valence-electron chi connectivity index (χ3n) is 7.83. The standard InChI is InChI=1S/C31H30ClF2N3O2/c1-17-5-4-6-27(37-12-10-21(16-28(37)38)29-24(33)8-7-23(32)30(29)34)26-15-20(9-11-35-26)22-13-18(2)19(3)14-25(22)36-31(17)39/h7-9,11,13-17,27H,4-6,10,12H2,1-3H3,(H,36,39)/t17-,27+/m1/s1. The number of nitrogens with zero attached hydrogens (tertiary/aromatic N) is 2. The van der Waals surface area contributed by atoms with Gasteiger partial charge in [-0.3, -0.25) is 14.6 Å². The lowest BCUT2D eigenvalue weighted by Crippen LogP contribution is -2.38. The zero-order valence-corrected chi connectivity index (χ0v) is 22.9. The molecule has 0 saturated carbocycles. The second-order valence-corrected chi connectivity index (χ2v) is 10.9. The molecule has 39 heavy (non-hydrogen) atoms. The van der Waals surface area contributed by atoms with Crippen molar-refractivity contribution in [2.24, 2.45) is 5.92 Å². The van der Waals surface area contributed by atoms with Crippen molar-refractivity contribution >= 4 is 34.7 Å². The zero-order valence-electron chi connectivity index (χ0n) is 22.2. The molecule has 2 amide bonds. The van der Waals surface area contributed by atoms with E-state index in [1.54, 1.807) is 11.1 Å². The molecule has 5 nitrogen and oxygen atoms in total. The van der Waals surface area contributed by atoms with Crippen LogP contribution in [0, 0.1) is 31.4 Å². The summed E-state index contributed by atoms with van der Waals surface area (Å²) in [6, 6.07) is 9.85. The number of nitrogens with one attached hydrogen (secondary N) is 1. The van der Waals surface area contributed by atoms with Gasteiger partial charge in [0.2, 0.25) is 11.8 Å². The maximum atomic E-state index is 14.7. The highest BCUT2D eigenvalue weighted by Crippen LogP contribution is 2.38. The van der Waals surface area contributed by atoms with Crippen LogP contribution in [0.15, 0.2) is 48.7 Å². The van der Waals surface area contributed by atoms with E-state index in [0.717, 1.165) is 39.7 Å². The topological polar surface area (TPSA) is 62.3 Å². The summed E-state index contributed by atoms with van der Waals surface area (Å²) in [4.78, 5) is 32.8. The molecule has 3 aromatic rings. The Morgan fingerprint density at radius 1 is 1.05 bits per heavy atom. The van der Waals surface area contributed by atoms with Crippen LogP contribution in [0.2, 0.25) is 5.02 Å². The molecule has 2 bridgehead atoms. The molecule has 0 radical (unpaired) electrons. The third kappa shape index (κ3) is 5.33. The first kappa shape index (κ1) is 27.0. The van der Waals surface area contributed by atoms with Gasteiger partial charge < -0.3 is 10.2 Å². The fraction of sp³-hybridized carbons (Fsp3) is 0.323. The van der Waals surface area contributed by atoms with Gasteiger partial charge in [0.15, 0.2) is 5.82 Å². The lowest BCUT2D eigenvalue weighted by atomic mass is 9.92. The van der Waals surface area contributed by atoms with Crippen LogP contribution in [-0.2, 0) is 9.59 Å². The molecule has 2 aliphatic heterocycles. The largest absolute Gasteiger partial charge is 0.330 e. The van der Waals surface area contributed by atoms with E-state index in [-0.39, 0.29) is 52.9 Å². The molecule has 2 aromatic carbocycles. The van der Waals surface area contributed by atoms with Crippen LogP contribution in [0.3, 0.4) is 0 Å². The van der Waals surface area contributed by atoms with Crippen molar-refractivity contribution in [1.82, 2.24) is 9.88 Å². The number of carbonyl (C=O) groups excluding carboxylic acids is 2. The third-order valence-corrected chi connectivity index (χ3v) is 8.12. The summed E-state index contributed by atoms with van der Waals surface area (Å²) in [5.41, 5.74) is 5.47. The Kier molecular flexibility index (Phi) is 7.54. The van der Waals surface area contributed by atoms with Crippen molar-refractivity contribution in [2.75, 3.05) is 11.9 Å². The minimum atomic E-state index is -0.860. The van der Waals surface area contributed by atoms with Crippen LogP contribution in [0.1, 0.15) is 61.0 Å². The van der Waals surface area contributed by atoms with Gasteiger partial charge in [-0.15, -0.1) is 0 Å². The van der Waals surface area contributed by atoms with Crippen LogP contribution in [0.4, 0.5) is 14.5 Å². The number of hydrogen-bond donors (Lipinski definition) is 1. The second-order valence-electron chi connectivity index (χ2n) is 10.5. The SMILES string of the molecule is Cc1cc2c(cc1C)-c1ccnc(c1)[C@@H](N1CCC(c3c(F)ccc(Cl)c3F)=CC1=O)CCC[C@@H](C)C(=O)N2. The highest BCUT2D eigenvalue weighted by atomic mass is 35.5. The lowest BCUT2D eigenvalue weighted by Gasteiger charge is -2.34. The van der Waals surface area contributed by atoms with Crippen LogP contribution >= 0.6 is 11.6 Å². The molecule has 2 aliphatic rings. The van der Waals surface area contributed by atoms with Crippen LogP contribution in [-0.4, -0.2) is 28.2 Å². The number of benzene rings is 2. The molecule has 8 heteroatoms. The smallest absolute Gasteiger partial charge is 0.247 e. The Hall–Kier alpha value is -3.58. The Bertz CT molecular complexity index is 1500. The minimum absolute atomic E-state index is 0.0434. The molecule has 0 aliphatic carbocycles. The summed E-state index contributed by atoms with van der Waals surface area (Å²) in [5.74, 6) is -2.21. The fourth-order valence-corrected chi connectivity index (χ4v) is 5.57. The summed E-state index contributed by atoms with van der Waals surface area (Å²) in [6.45, 7) is 6.23. The molecule has 202 valence electrons. The predicted molar refractivity (Wildman–Crippen MR) is 149 cm³/mol. The van der Waals surface area contributed by atoms with Gasteiger partial charge in [-0.1, -0.05) is 24.9 Å². The van der Waals surface area contributed by atoms with Crippen molar-refractivity contribution in [1.29, 1.82) is 0 Å². The van der Waals surface area contributed by atoms with E-state index in [4.69, 9.17) is 11.6 Å². The van der Waals surface area contributed by atoms with Gasteiger partial charge in [0, 0.05) is 36.0 Å². The first-order chi connectivity index (χ1) is 18.6. The Balaban J connectivity index is 1.55. The molecule has 2 atom stereocenters. The monoisotopic (exact) mass is 549 g/mol. The van der Waals surface area contributed by atoms with Crippen molar-refractivity contribution in [2.45, 2.75) is 52.5 Å². The van der Waals surface area contributed by atoms with E-state index in [1.165, 1.54) is 12.1 Å². The van der Waals surface area contributed by atoms with Crippen molar-refractivity contribution in [3.63, 3.8) is 0 Å². The summed E-state index contributed by atoms with van der Waals surface area (Å²) in [7, 11) is 0. The number of hydrogen-bond acceptors (Lipinski definition) is 3. The molecule has 0 spiro atoms. The predicted octanol–water partition coefficient (Wildman–Crippen LogP) is 7.41. The Morgan fingerprint density at radius 2 is 1.82 bits per heavy atom. The van der Waals surface area contributed by atoms with E-state index in [0.29, 0.717) is 19.3 Å². The number of aryl methyl sites for hydroxylation is 2. The molecular weight excluding hydrogens is 520 g/mol. The highest BCUT2D eigenvalue weighted by Gasteiger charge is 2.31. The second kappa shape index (κ2) is 10.9. The molecule has 0 saturated heterocycles. The Labute approximate surface area is 231 Å². The number of anilines is 1. The maximum Gasteiger partial charge on any atom is 0.247 e. The summed E-state index contributed by atoms with van der Waals surface area (Å²) in [6.07, 6.45) is 5.24. The van der Waals surface area contributed by atoms with Gasteiger partial charge in [0.1, 0.15) is 5.82 Å². The van der Waals surface area contributed by atoms with Gasteiger partial charge in [0.05, 0.1) is 22.3 Å². The highest BCUT2D eigenvalue weighted by molar-refractivity contribution is 6.31. The Morgan fingerprint density at radius 3 is 2.59 bits per heavy atom. The molecule has 0 unspecified atom stereocenters. The average Bonchev–Trinajstić information content (AvgIpc) is 2.91. The van der Waals surface area contributed by atoms with Crippen LogP contribution in [0.25, 0.3) is 16.7 Å². The molecule has 1 aromatic heterocycles. The van der Waals surface area contributed by atoms with E-state index >= 15 is 0 Å². The zero-order chi connectivity index (χ0) is 27.8. The fourth-order valence-electron chi connectivity index (χ4n) is 5.41. The van der Waals surface area contributed by atoms with Gasteiger partial charge >= 0.3 is 0 Å². The first-order valence-electron chi connectivity index (χ1n) is 13.2. The molecule has 0 fully saturated rings. The number of fused-ring (bicyclic) bond motifs is 4. The van der Waals surface area contributed by atoms with Crippen molar-refractivity contribution in [3.8, 4) is 11.1 Å². The van der Waals surface area contributed by atoms with E-state index < -0.39 is 11.6 Å². The van der Waals surface area contributed by atoms with E-state index in [1.807, 2.05) is 39.0 Å². The lowest BCUT2D eigenvalue weighted by molar-refractivity contribution is -0.129. The summed E-state index contributed by atoms with van der Waals surface area (Å²) in [5, 5.41) is 2.93. The summed E-state index contributed by atoms with van der Waals surface area (Å²) < 4.78 is 29.2. The van der Waals surface area contributed by atoms with Crippen LogP contribution in [0.5, 0.6) is 0 Å². The first-order valence-corrected chi connectivity index (χ1v) is 13.5. The number of carbonyl (C=O) groups is 2. The number of halogens is 3. The molecule has 5 rings (SSSR count). The van der Waals surface area contributed by atoms with Gasteiger partial charge in [0.25, 0.3) is 0 Å². The maximum absolute atomic E-state index is 14.7. The molecule has 1 N–H and O–H groups in total. The number of pyridine rings is 1. The minimum Gasteiger partial charge on any atom is -0.330 e. The quantitative estimate of drug-likeness (QED) is 0.338. The molecular formula is C31H30ClF2N3O2. The van der Waals surface area contributed by atoms with E-state index in [2.05, 4.69) is 16.4 Å². The van der Waals surface area contributed by atoms with E-state index in [9.17, 15) is 18.4 Å². The van der Waals surface area contributed by atoms with Gasteiger partial charge in [-0.05, 0) is 91.8 Å². The number of aromatic nitrogens is 1. The number of amides is 2. The van der Waals surface area contributed by atoms with Gasteiger partial charge in [-0.2, -0.15) is 0 Å². The van der Waals surface area contributed by atoms with Crippen LogP contribution < -0.4 is 5.32 Å².